The molecule has 0 saturated carbocycles. The Morgan fingerprint density at radius 2 is 1.43 bits per heavy atom. The first kappa shape index (κ1) is 22.3. The molecule has 1 unspecified atom stereocenters. The van der Waals surface area contributed by atoms with Gasteiger partial charge >= 0.3 is 0 Å². The van der Waals surface area contributed by atoms with Crippen molar-refractivity contribution < 1.29 is 14.3 Å². The Kier molecular flexibility index (Phi) is 18.8. The Morgan fingerprint density at radius 1 is 0.783 bits per heavy atom. The highest BCUT2D eigenvalue weighted by Crippen LogP contribution is 2.09. The van der Waals surface area contributed by atoms with Gasteiger partial charge in [-0.25, -0.2) is 0 Å². The van der Waals surface area contributed by atoms with Crippen molar-refractivity contribution in [2.75, 3.05) is 13.2 Å². The standard InChI is InChI=1S/C20H38O3/c1-3-5-7-9-11-13-18-22-20(16-15-17-21)23-19-14-12-10-8-6-4-2/h5,7,17,20H,3-4,6,8-16,18-19H2,1-2H3/b7-5-. The van der Waals surface area contributed by atoms with Crippen LogP contribution in [0.4, 0.5) is 0 Å². The molecule has 0 aromatic heterocycles. The third kappa shape index (κ3) is 17.5. The molecule has 23 heavy (non-hydrogen) atoms. The summed E-state index contributed by atoms with van der Waals surface area (Å²) in [6.45, 7) is 5.85. The summed E-state index contributed by atoms with van der Waals surface area (Å²) in [5.41, 5.74) is 0. The van der Waals surface area contributed by atoms with Gasteiger partial charge in [0.05, 0.1) is 0 Å². The summed E-state index contributed by atoms with van der Waals surface area (Å²) in [6.07, 6.45) is 18.3. The molecule has 0 aromatic carbocycles. The van der Waals surface area contributed by atoms with E-state index in [-0.39, 0.29) is 6.29 Å². The molecule has 0 aromatic rings. The summed E-state index contributed by atoms with van der Waals surface area (Å²) >= 11 is 0. The fraction of sp³-hybridized carbons (Fsp3) is 0.850. The van der Waals surface area contributed by atoms with Gasteiger partial charge in [0.2, 0.25) is 0 Å². The maximum atomic E-state index is 10.5. The summed E-state index contributed by atoms with van der Waals surface area (Å²) in [4.78, 5) is 10.5. The molecular formula is C20H38O3. The molecule has 0 amide bonds. The molecule has 0 spiro atoms. The first-order chi connectivity index (χ1) is 11.3. The predicted molar refractivity (Wildman–Crippen MR) is 97.6 cm³/mol. The summed E-state index contributed by atoms with van der Waals surface area (Å²) in [6, 6.07) is 0. The number of carbonyl (C=O) groups excluding carboxylic acids is 1. The van der Waals surface area contributed by atoms with E-state index in [4.69, 9.17) is 9.47 Å². The molecule has 136 valence electrons. The molecule has 0 radical (unpaired) electrons. The smallest absolute Gasteiger partial charge is 0.157 e. The third-order valence-electron chi connectivity index (χ3n) is 3.79. The molecule has 3 heteroatoms. The number of allylic oxidation sites excluding steroid dienone is 2. The van der Waals surface area contributed by atoms with Gasteiger partial charge in [0, 0.05) is 26.1 Å². The second-order valence-corrected chi connectivity index (χ2v) is 6.06. The molecule has 0 fully saturated rings. The topological polar surface area (TPSA) is 35.5 Å². The molecule has 0 aliphatic carbocycles. The monoisotopic (exact) mass is 326 g/mol. The molecule has 0 bridgehead atoms. The van der Waals surface area contributed by atoms with Crippen LogP contribution in [0.25, 0.3) is 0 Å². The maximum absolute atomic E-state index is 10.5. The largest absolute Gasteiger partial charge is 0.353 e. The van der Waals surface area contributed by atoms with Gasteiger partial charge in [-0.15, -0.1) is 0 Å². The lowest BCUT2D eigenvalue weighted by Crippen LogP contribution is -2.19. The van der Waals surface area contributed by atoms with Gasteiger partial charge in [0.25, 0.3) is 0 Å². The van der Waals surface area contributed by atoms with Gasteiger partial charge in [0.1, 0.15) is 6.29 Å². The number of rotatable bonds is 18. The lowest BCUT2D eigenvalue weighted by molar-refractivity contribution is -0.149. The van der Waals surface area contributed by atoms with Crippen molar-refractivity contribution in [2.45, 2.75) is 97.2 Å². The van der Waals surface area contributed by atoms with Gasteiger partial charge in [-0.05, 0) is 32.1 Å². The summed E-state index contributed by atoms with van der Waals surface area (Å²) in [7, 11) is 0. The lowest BCUT2D eigenvalue weighted by atomic mass is 10.1. The first-order valence-corrected chi connectivity index (χ1v) is 9.66. The van der Waals surface area contributed by atoms with E-state index in [2.05, 4.69) is 26.0 Å². The number of ether oxygens (including phenoxy) is 2. The zero-order chi connectivity index (χ0) is 17.0. The van der Waals surface area contributed by atoms with Gasteiger partial charge < -0.3 is 14.3 Å². The maximum Gasteiger partial charge on any atom is 0.157 e. The van der Waals surface area contributed by atoms with Crippen molar-refractivity contribution in [2.24, 2.45) is 0 Å². The number of carbonyl (C=O) groups is 1. The molecule has 0 aliphatic heterocycles. The Labute approximate surface area is 143 Å². The van der Waals surface area contributed by atoms with E-state index in [1.807, 2.05) is 0 Å². The second kappa shape index (κ2) is 19.4. The normalized spacial score (nSPS) is 12.8. The fourth-order valence-corrected chi connectivity index (χ4v) is 2.38. The van der Waals surface area contributed by atoms with Crippen molar-refractivity contribution >= 4 is 6.29 Å². The fourth-order valence-electron chi connectivity index (χ4n) is 2.38. The van der Waals surface area contributed by atoms with Crippen LogP contribution in [-0.4, -0.2) is 25.8 Å². The van der Waals surface area contributed by atoms with Crippen LogP contribution in [0.15, 0.2) is 12.2 Å². The van der Waals surface area contributed by atoms with Crippen LogP contribution in [0.2, 0.25) is 0 Å². The van der Waals surface area contributed by atoms with Crippen LogP contribution in [0.5, 0.6) is 0 Å². The minimum Gasteiger partial charge on any atom is -0.353 e. The van der Waals surface area contributed by atoms with Gasteiger partial charge in [-0.3, -0.25) is 0 Å². The zero-order valence-corrected chi connectivity index (χ0v) is 15.4. The van der Waals surface area contributed by atoms with E-state index in [9.17, 15) is 4.79 Å². The van der Waals surface area contributed by atoms with Crippen LogP contribution in [0, 0.1) is 0 Å². The van der Waals surface area contributed by atoms with E-state index in [0.29, 0.717) is 12.8 Å². The van der Waals surface area contributed by atoms with Crippen molar-refractivity contribution in [3.05, 3.63) is 12.2 Å². The van der Waals surface area contributed by atoms with E-state index < -0.39 is 0 Å². The first-order valence-electron chi connectivity index (χ1n) is 9.66. The van der Waals surface area contributed by atoms with Gasteiger partial charge in [0.15, 0.2) is 6.29 Å². The zero-order valence-electron chi connectivity index (χ0n) is 15.4. The molecule has 0 heterocycles. The number of aldehydes is 1. The van der Waals surface area contributed by atoms with Crippen molar-refractivity contribution in [1.29, 1.82) is 0 Å². The molecule has 0 rings (SSSR count). The van der Waals surface area contributed by atoms with E-state index in [0.717, 1.165) is 51.6 Å². The molecule has 0 aliphatic rings. The quantitative estimate of drug-likeness (QED) is 0.138. The average Bonchev–Trinajstić information content (AvgIpc) is 2.57. The highest BCUT2D eigenvalue weighted by molar-refractivity contribution is 5.49. The summed E-state index contributed by atoms with van der Waals surface area (Å²) in [5, 5.41) is 0. The summed E-state index contributed by atoms with van der Waals surface area (Å²) < 4.78 is 11.6. The number of unbranched alkanes of at least 4 members (excludes halogenated alkanes) is 7. The van der Waals surface area contributed by atoms with Crippen LogP contribution in [-0.2, 0) is 14.3 Å². The molecular weight excluding hydrogens is 288 g/mol. The minimum atomic E-state index is -0.206. The van der Waals surface area contributed by atoms with Gasteiger partial charge in [-0.1, -0.05) is 58.1 Å². The van der Waals surface area contributed by atoms with Crippen LogP contribution >= 0.6 is 0 Å². The van der Waals surface area contributed by atoms with Crippen molar-refractivity contribution in [3.63, 3.8) is 0 Å². The minimum absolute atomic E-state index is 0.206. The Morgan fingerprint density at radius 3 is 2.09 bits per heavy atom. The number of hydrogen-bond acceptors (Lipinski definition) is 3. The Hall–Kier alpha value is -0.670. The average molecular weight is 327 g/mol. The molecule has 3 nitrogen and oxygen atoms in total. The highest BCUT2D eigenvalue weighted by Gasteiger charge is 2.08. The molecule has 0 saturated heterocycles. The lowest BCUT2D eigenvalue weighted by Gasteiger charge is -2.17. The summed E-state index contributed by atoms with van der Waals surface area (Å²) in [5.74, 6) is 0. The van der Waals surface area contributed by atoms with E-state index in [1.165, 1.54) is 32.1 Å². The molecule has 0 N–H and O–H groups in total. The Balaban J connectivity index is 3.63. The highest BCUT2D eigenvalue weighted by atomic mass is 16.7. The van der Waals surface area contributed by atoms with Crippen LogP contribution < -0.4 is 0 Å². The van der Waals surface area contributed by atoms with Crippen LogP contribution in [0.1, 0.15) is 90.9 Å². The SMILES string of the molecule is CC/C=C\CCCCOC(CCC=O)OCCCCCCCC. The predicted octanol–water partition coefficient (Wildman–Crippen LogP) is 5.82. The van der Waals surface area contributed by atoms with E-state index >= 15 is 0 Å². The Bertz CT molecular complexity index is 264. The van der Waals surface area contributed by atoms with E-state index in [1.54, 1.807) is 0 Å². The van der Waals surface area contributed by atoms with Gasteiger partial charge in [-0.2, -0.15) is 0 Å². The number of hydrogen-bond donors (Lipinski definition) is 0. The van der Waals surface area contributed by atoms with Crippen molar-refractivity contribution in [3.8, 4) is 0 Å². The third-order valence-corrected chi connectivity index (χ3v) is 3.79. The van der Waals surface area contributed by atoms with Crippen molar-refractivity contribution in [1.82, 2.24) is 0 Å². The second-order valence-electron chi connectivity index (χ2n) is 6.06. The molecule has 1 atom stereocenters. The van der Waals surface area contributed by atoms with Crippen LogP contribution in [0.3, 0.4) is 0 Å².